The first kappa shape index (κ1) is 25.6. The molecule has 1 aliphatic rings. The quantitative estimate of drug-likeness (QED) is 0.259. The molecule has 1 aromatic heterocycles. The molecule has 182 valence electrons. The number of hydrogen-bond acceptors (Lipinski definition) is 5. The highest BCUT2D eigenvalue weighted by molar-refractivity contribution is 5.55. The number of benzene rings is 1. The molecule has 1 aromatic carbocycles. The Morgan fingerprint density at radius 1 is 0.818 bits per heavy atom. The lowest BCUT2D eigenvalue weighted by Gasteiger charge is -2.30. The summed E-state index contributed by atoms with van der Waals surface area (Å²) in [4.78, 5) is 9.01. The van der Waals surface area contributed by atoms with E-state index in [1.807, 2.05) is 0 Å². The number of rotatable bonds is 15. The van der Waals surface area contributed by atoms with Gasteiger partial charge in [-0.25, -0.2) is 9.97 Å². The average Bonchev–Trinajstić information content (AvgIpc) is 2.87. The summed E-state index contributed by atoms with van der Waals surface area (Å²) in [6.07, 6.45) is 18.6. The molecule has 0 spiro atoms. The maximum absolute atomic E-state index is 5.89. The van der Waals surface area contributed by atoms with E-state index in [-0.39, 0.29) is 6.10 Å². The van der Waals surface area contributed by atoms with Crippen molar-refractivity contribution >= 4 is 0 Å². The van der Waals surface area contributed by atoms with E-state index < -0.39 is 0 Å². The van der Waals surface area contributed by atoms with Crippen LogP contribution in [0.1, 0.15) is 103 Å². The van der Waals surface area contributed by atoms with Crippen LogP contribution in [0.15, 0.2) is 36.7 Å². The third kappa shape index (κ3) is 9.05. The largest absolute Gasteiger partial charge is 0.490 e. The first-order valence-electron chi connectivity index (χ1n) is 13.1. The summed E-state index contributed by atoms with van der Waals surface area (Å²) in [5.41, 5.74) is 2.20. The van der Waals surface area contributed by atoms with Crippen LogP contribution in [-0.4, -0.2) is 29.5 Å². The highest BCUT2D eigenvalue weighted by Crippen LogP contribution is 2.31. The zero-order valence-electron chi connectivity index (χ0n) is 20.6. The van der Waals surface area contributed by atoms with Crippen molar-refractivity contribution < 1.29 is 14.2 Å². The lowest BCUT2D eigenvalue weighted by Crippen LogP contribution is -2.26. The van der Waals surface area contributed by atoms with Gasteiger partial charge in [0.05, 0.1) is 31.2 Å². The Morgan fingerprint density at radius 3 is 2.21 bits per heavy atom. The number of unbranched alkanes of at least 4 members (excludes halogenated alkanes) is 8. The molecule has 5 nitrogen and oxygen atoms in total. The fourth-order valence-electron chi connectivity index (χ4n) is 4.28. The van der Waals surface area contributed by atoms with Gasteiger partial charge in [0.25, 0.3) is 0 Å². The Hall–Kier alpha value is -1.98. The Kier molecular flexibility index (Phi) is 11.7. The van der Waals surface area contributed by atoms with Crippen LogP contribution < -0.4 is 4.74 Å². The van der Waals surface area contributed by atoms with E-state index >= 15 is 0 Å². The Morgan fingerprint density at radius 2 is 1.48 bits per heavy atom. The molecule has 33 heavy (non-hydrogen) atoms. The first-order chi connectivity index (χ1) is 16.3. The topological polar surface area (TPSA) is 53.5 Å². The lowest BCUT2D eigenvalue weighted by atomic mass is 9.98. The highest BCUT2D eigenvalue weighted by Gasteiger charge is 2.24. The molecular formula is C28H42N2O3. The van der Waals surface area contributed by atoms with Crippen LogP contribution in [0, 0.1) is 0 Å². The third-order valence-electron chi connectivity index (χ3n) is 6.37. The van der Waals surface area contributed by atoms with Crippen LogP contribution in [0.5, 0.6) is 5.75 Å². The summed E-state index contributed by atoms with van der Waals surface area (Å²) < 4.78 is 17.5. The van der Waals surface area contributed by atoms with E-state index in [1.54, 1.807) is 12.4 Å². The van der Waals surface area contributed by atoms with Gasteiger partial charge in [0.15, 0.2) is 11.6 Å². The van der Waals surface area contributed by atoms with Crippen LogP contribution in [0.25, 0.3) is 11.4 Å². The predicted molar refractivity (Wildman–Crippen MR) is 133 cm³/mol. The smallest absolute Gasteiger partial charge is 0.159 e. The van der Waals surface area contributed by atoms with E-state index in [4.69, 9.17) is 14.2 Å². The number of nitrogens with zero attached hydrogens (tertiary/aromatic N) is 2. The van der Waals surface area contributed by atoms with Crippen molar-refractivity contribution in [1.82, 2.24) is 9.97 Å². The van der Waals surface area contributed by atoms with Gasteiger partial charge in [0, 0.05) is 12.0 Å². The van der Waals surface area contributed by atoms with Gasteiger partial charge in [-0.15, -0.1) is 0 Å². The summed E-state index contributed by atoms with van der Waals surface area (Å²) in [5.74, 6) is 1.46. The van der Waals surface area contributed by atoms with E-state index in [0.29, 0.717) is 12.9 Å². The number of aromatic nitrogens is 2. The maximum atomic E-state index is 5.89. The van der Waals surface area contributed by atoms with Gasteiger partial charge in [-0.2, -0.15) is 0 Å². The van der Waals surface area contributed by atoms with Crippen molar-refractivity contribution in [1.29, 1.82) is 0 Å². The molecule has 1 saturated heterocycles. The molecular weight excluding hydrogens is 412 g/mol. The number of ether oxygens (including phenoxy) is 3. The van der Waals surface area contributed by atoms with Crippen LogP contribution >= 0.6 is 0 Å². The molecule has 0 bridgehead atoms. The molecule has 2 aromatic rings. The average molecular weight is 455 g/mol. The van der Waals surface area contributed by atoms with Gasteiger partial charge in [-0.3, -0.25) is 0 Å². The molecule has 0 N–H and O–H groups in total. The monoisotopic (exact) mass is 454 g/mol. The van der Waals surface area contributed by atoms with E-state index in [2.05, 4.69) is 48.1 Å². The van der Waals surface area contributed by atoms with Crippen LogP contribution in [0.2, 0.25) is 0 Å². The van der Waals surface area contributed by atoms with Crippen LogP contribution in [0.3, 0.4) is 0 Å². The predicted octanol–water partition coefficient (Wildman–Crippen LogP) is 7.66. The summed E-state index contributed by atoms with van der Waals surface area (Å²) >= 11 is 0. The van der Waals surface area contributed by atoms with Crippen LogP contribution in [-0.2, 0) is 9.47 Å². The van der Waals surface area contributed by atoms with Crippen molar-refractivity contribution in [2.24, 2.45) is 0 Å². The van der Waals surface area contributed by atoms with E-state index in [9.17, 15) is 0 Å². The molecule has 2 atom stereocenters. The second-order valence-corrected chi connectivity index (χ2v) is 9.13. The van der Waals surface area contributed by atoms with Gasteiger partial charge in [0.2, 0.25) is 0 Å². The van der Waals surface area contributed by atoms with Crippen molar-refractivity contribution in [3.05, 3.63) is 42.2 Å². The molecule has 1 fully saturated rings. The van der Waals surface area contributed by atoms with Crippen molar-refractivity contribution in [3.63, 3.8) is 0 Å². The molecule has 3 rings (SSSR count). The Bertz CT molecular complexity index is 764. The van der Waals surface area contributed by atoms with Gasteiger partial charge >= 0.3 is 0 Å². The molecule has 5 heteroatoms. The van der Waals surface area contributed by atoms with Gasteiger partial charge in [-0.1, -0.05) is 95.9 Å². The standard InChI is InChI=1S/C28H42N2O3/c1-3-5-7-9-10-12-18-31-26-20-29-28(30-21-26)24-16-14-23(15-17-24)27-19-25(32-22-33-27)13-11-8-6-4-2/h14-17,20-21,25,27H,3-13,18-19,22H2,1-2H3/t25-,27+/m1/s1. The zero-order valence-corrected chi connectivity index (χ0v) is 20.6. The zero-order chi connectivity index (χ0) is 23.1. The summed E-state index contributed by atoms with van der Waals surface area (Å²) in [6, 6.07) is 8.42. The molecule has 0 amide bonds. The summed E-state index contributed by atoms with van der Waals surface area (Å²) in [7, 11) is 0. The second-order valence-electron chi connectivity index (χ2n) is 9.13. The fourth-order valence-corrected chi connectivity index (χ4v) is 4.28. The summed E-state index contributed by atoms with van der Waals surface area (Å²) in [5, 5.41) is 0. The third-order valence-corrected chi connectivity index (χ3v) is 6.37. The van der Waals surface area contributed by atoms with E-state index in [0.717, 1.165) is 43.0 Å². The molecule has 2 heterocycles. The lowest BCUT2D eigenvalue weighted by molar-refractivity contribution is -0.179. The van der Waals surface area contributed by atoms with Crippen molar-refractivity contribution in [2.75, 3.05) is 13.4 Å². The second kappa shape index (κ2) is 15.0. The van der Waals surface area contributed by atoms with Gasteiger partial charge in [-0.05, 0) is 18.4 Å². The van der Waals surface area contributed by atoms with Gasteiger partial charge < -0.3 is 14.2 Å². The molecule has 0 aliphatic carbocycles. The Labute approximate surface area is 200 Å². The highest BCUT2D eigenvalue weighted by atomic mass is 16.7. The maximum Gasteiger partial charge on any atom is 0.159 e. The minimum Gasteiger partial charge on any atom is -0.490 e. The van der Waals surface area contributed by atoms with E-state index in [1.165, 1.54) is 63.4 Å². The van der Waals surface area contributed by atoms with Crippen molar-refractivity contribution in [3.8, 4) is 17.1 Å². The number of hydrogen-bond donors (Lipinski definition) is 0. The molecule has 0 saturated carbocycles. The minimum absolute atomic E-state index is 0.0997. The SMILES string of the molecule is CCCCCCCCOc1cnc(-c2ccc([C@@H]3C[C@@H](CCCCCC)OCO3)cc2)nc1. The van der Waals surface area contributed by atoms with Gasteiger partial charge in [0.1, 0.15) is 6.79 Å². The Balaban J connectivity index is 1.43. The van der Waals surface area contributed by atoms with Crippen molar-refractivity contribution in [2.45, 2.75) is 103 Å². The van der Waals surface area contributed by atoms with Crippen LogP contribution in [0.4, 0.5) is 0 Å². The summed E-state index contributed by atoms with van der Waals surface area (Å²) in [6.45, 7) is 5.60. The normalized spacial score (nSPS) is 18.4. The molecule has 0 unspecified atom stereocenters. The first-order valence-corrected chi connectivity index (χ1v) is 13.1. The molecule has 0 radical (unpaired) electrons. The minimum atomic E-state index is 0.0997. The fraction of sp³-hybridized carbons (Fsp3) is 0.643. The molecule has 1 aliphatic heterocycles.